The van der Waals surface area contributed by atoms with Crippen molar-refractivity contribution in [2.24, 2.45) is 0 Å². The predicted octanol–water partition coefficient (Wildman–Crippen LogP) is 4.96. The Labute approximate surface area is 183 Å². The highest BCUT2D eigenvalue weighted by atomic mass is 35.5. The van der Waals surface area contributed by atoms with Crippen LogP contribution in [-0.2, 0) is 14.4 Å². The summed E-state index contributed by atoms with van der Waals surface area (Å²) in [5, 5.41) is 2.50. The first-order valence-electron chi connectivity index (χ1n) is 9.43. The van der Waals surface area contributed by atoms with E-state index in [2.05, 4.69) is 5.32 Å². The van der Waals surface area contributed by atoms with Gasteiger partial charge in [-0.1, -0.05) is 41.9 Å². The minimum atomic E-state index is -0.593. The van der Waals surface area contributed by atoms with Crippen LogP contribution in [0.5, 0.6) is 11.5 Å². The zero-order valence-electron chi connectivity index (χ0n) is 16.5. The molecular weight excluding hydrogens is 416 g/mol. The Balaban J connectivity index is 1.55. The number of benzene rings is 3. The van der Waals surface area contributed by atoms with E-state index in [4.69, 9.17) is 16.3 Å². The van der Waals surface area contributed by atoms with Crippen molar-refractivity contribution in [2.45, 2.75) is 6.92 Å². The van der Waals surface area contributed by atoms with E-state index in [0.29, 0.717) is 28.4 Å². The molecule has 0 bridgehead atoms. The Morgan fingerprint density at radius 2 is 1.45 bits per heavy atom. The molecule has 0 atom stereocenters. The molecule has 1 aliphatic heterocycles. The predicted molar refractivity (Wildman–Crippen MR) is 119 cm³/mol. The largest absolute Gasteiger partial charge is 0.457 e. The van der Waals surface area contributed by atoms with Crippen LogP contribution in [0, 0.1) is 0 Å². The van der Waals surface area contributed by atoms with Crippen LogP contribution in [0.1, 0.15) is 12.5 Å². The number of halogens is 1. The molecule has 0 saturated heterocycles. The first kappa shape index (κ1) is 20.4. The summed E-state index contributed by atoms with van der Waals surface area (Å²) >= 11 is 6.24. The Morgan fingerprint density at radius 3 is 2.06 bits per heavy atom. The van der Waals surface area contributed by atoms with Gasteiger partial charge in [-0.25, -0.2) is 4.90 Å². The van der Waals surface area contributed by atoms with Crippen molar-refractivity contribution in [1.29, 1.82) is 0 Å². The van der Waals surface area contributed by atoms with E-state index in [1.165, 1.54) is 6.92 Å². The Hall–Kier alpha value is -3.90. The molecule has 7 heteroatoms. The number of para-hydroxylation sites is 1. The van der Waals surface area contributed by atoms with Gasteiger partial charge in [0.25, 0.3) is 11.8 Å². The third-order valence-corrected chi connectivity index (χ3v) is 4.95. The lowest BCUT2D eigenvalue weighted by Gasteiger charge is -2.15. The van der Waals surface area contributed by atoms with Crippen molar-refractivity contribution in [3.63, 3.8) is 0 Å². The number of ether oxygens (including phenoxy) is 1. The highest BCUT2D eigenvalue weighted by molar-refractivity contribution is 6.60. The third kappa shape index (κ3) is 4.20. The fourth-order valence-corrected chi connectivity index (χ4v) is 3.47. The van der Waals surface area contributed by atoms with E-state index in [-0.39, 0.29) is 16.5 Å². The number of nitrogens with one attached hydrogen (secondary N) is 1. The Morgan fingerprint density at radius 1 is 0.839 bits per heavy atom. The minimum absolute atomic E-state index is 0.116. The summed E-state index contributed by atoms with van der Waals surface area (Å²) < 4.78 is 5.75. The maximum atomic E-state index is 13.0. The molecule has 4 rings (SSSR count). The lowest BCUT2D eigenvalue weighted by Crippen LogP contribution is -2.31. The van der Waals surface area contributed by atoms with Gasteiger partial charge in [-0.3, -0.25) is 14.4 Å². The van der Waals surface area contributed by atoms with Crippen molar-refractivity contribution in [3.05, 3.63) is 89.5 Å². The van der Waals surface area contributed by atoms with E-state index in [9.17, 15) is 14.4 Å². The van der Waals surface area contributed by atoms with Crippen molar-refractivity contribution in [1.82, 2.24) is 0 Å². The summed E-state index contributed by atoms with van der Waals surface area (Å²) in [5.74, 6) is -0.0634. The van der Waals surface area contributed by atoms with E-state index < -0.39 is 11.8 Å². The minimum Gasteiger partial charge on any atom is -0.457 e. The Bertz CT molecular complexity index is 1190. The summed E-state index contributed by atoms with van der Waals surface area (Å²) in [6, 6.07) is 22.4. The number of carbonyl (C=O) groups is 3. The molecule has 1 aliphatic rings. The zero-order chi connectivity index (χ0) is 22.0. The van der Waals surface area contributed by atoms with Gasteiger partial charge in [0, 0.05) is 12.6 Å². The summed E-state index contributed by atoms with van der Waals surface area (Å²) in [5.41, 5.74) is 1.57. The number of rotatable bonds is 5. The number of amides is 3. The average Bonchev–Trinajstić information content (AvgIpc) is 2.98. The second-order valence-electron chi connectivity index (χ2n) is 6.80. The van der Waals surface area contributed by atoms with Crippen LogP contribution in [0.2, 0.25) is 0 Å². The maximum Gasteiger partial charge on any atom is 0.277 e. The number of imide groups is 1. The van der Waals surface area contributed by atoms with Gasteiger partial charge >= 0.3 is 0 Å². The molecule has 0 aromatic heterocycles. The fraction of sp³-hybridized carbons (Fsp3) is 0.0417. The van der Waals surface area contributed by atoms with Crippen LogP contribution in [0.25, 0.3) is 5.57 Å². The summed E-state index contributed by atoms with van der Waals surface area (Å²) in [4.78, 5) is 37.9. The van der Waals surface area contributed by atoms with Crippen LogP contribution in [0.3, 0.4) is 0 Å². The lowest BCUT2D eigenvalue weighted by atomic mass is 10.1. The standard InChI is InChI=1S/C24H17ClN2O4/c1-15(28)26-17-9-7-16(8-10-17)21-22(25)24(30)27(23(21)29)18-11-13-20(14-12-18)31-19-5-3-2-4-6-19/h2-14H,1H3,(H,26,28). The van der Waals surface area contributed by atoms with Crippen LogP contribution in [-0.4, -0.2) is 17.7 Å². The first-order chi connectivity index (χ1) is 14.9. The highest BCUT2D eigenvalue weighted by Gasteiger charge is 2.39. The van der Waals surface area contributed by atoms with Gasteiger partial charge in [-0.15, -0.1) is 0 Å². The monoisotopic (exact) mass is 432 g/mol. The molecule has 3 aromatic rings. The van der Waals surface area contributed by atoms with Gasteiger partial charge in [0.2, 0.25) is 5.91 Å². The molecular formula is C24H17ClN2O4. The molecule has 3 amide bonds. The molecule has 6 nitrogen and oxygen atoms in total. The SMILES string of the molecule is CC(=O)Nc1ccc(C2=C(Cl)C(=O)N(c3ccc(Oc4ccccc4)cc3)C2=O)cc1. The smallest absolute Gasteiger partial charge is 0.277 e. The lowest BCUT2D eigenvalue weighted by molar-refractivity contribution is -0.120. The summed E-state index contributed by atoms with van der Waals surface area (Å²) in [7, 11) is 0. The number of carbonyl (C=O) groups excluding carboxylic acids is 3. The van der Waals surface area contributed by atoms with E-state index in [0.717, 1.165) is 4.90 Å². The molecule has 0 aliphatic carbocycles. The fourth-order valence-electron chi connectivity index (χ4n) is 3.20. The Kier molecular flexibility index (Phi) is 5.56. The molecule has 31 heavy (non-hydrogen) atoms. The molecule has 0 unspecified atom stereocenters. The molecule has 1 N–H and O–H groups in total. The van der Waals surface area contributed by atoms with Gasteiger partial charge in [-0.05, 0) is 54.1 Å². The normalized spacial score (nSPS) is 13.5. The second-order valence-corrected chi connectivity index (χ2v) is 7.18. The van der Waals surface area contributed by atoms with Crippen LogP contribution < -0.4 is 15.0 Å². The maximum absolute atomic E-state index is 13.0. The van der Waals surface area contributed by atoms with Crippen molar-refractivity contribution >= 4 is 46.3 Å². The topological polar surface area (TPSA) is 75.7 Å². The van der Waals surface area contributed by atoms with Gasteiger partial charge in [0.15, 0.2) is 0 Å². The molecule has 154 valence electrons. The second kappa shape index (κ2) is 8.45. The van der Waals surface area contributed by atoms with E-state index in [1.54, 1.807) is 48.5 Å². The summed E-state index contributed by atoms with van der Waals surface area (Å²) in [6.45, 7) is 1.40. The highest BCUT2D eigenvalue weighted by Crippen LogP contribution is 2.36. The van der Waals surface area contributed by atoms with E-state index >= 15 is 0 Å². The number of anilines is 2. The molecule has 0 radical (unpaired) electrons. The molecule has 0 spiro atoms. The van der Waals surface area contributed by atoms with Gasteiger partial charge in [0.05, 0.1) is 11.3 Å². The number of nitrogens with zero attached hydrogens (tertiary/aromatic N) is 1. The van der Waals surface area contributed by atoms with Crippen molar-refractivity contribution in [2.75, 3.05) is 10.2 Å². The van der Waals surface area contributed by atoms with Crippen LogP contribution >= 0.6 is 11.6 Å². The zero-order valence-corrected chi connectivity index (χ0v) is 17.2. The number of hydrogen-bond donors (Lipinski definition) is 1. The molecule has 0 saturated carbocycles. The quantitative estimate of drug-likeness (QED) is 0.578. The molecule has 3 aromatic carbocycles. The van der Waals surface area contributed by atoms with Crippen molar-refractivity contribution < 1.29 is 19.1 Å². The summed E-state index contributed by atoms with van der Waals surface area (Å²) in [6.07, 6.45) is 0. The van der Waals surface area contributed by atoms with Crippen LogP contribution in [0.4, 0.5) is 11.4 Å². The third-order valence-electron chi connectivity index (χ3n) is 4.60. The first-order valence-corrected chi connectivity index (χ1v) is 9.81. The van der Waals surface area contributed by atoms with Gasteiger partial charge < -0.3 is 10.1 Å². The van der Waals surface area contributed by atoms with Gasteiger partial charge in [-0.2, -0.15) is 0 Å². The van der Waals surface area contributed by atoms with E-state index in [1.807, 2.05) is 30.3 Å². The molecule has 0 fully saturated rings. The van der Waals surface area contributed by atoms with Gasteiger partial charge in [0.1, 0.15) is 16.5 Å². The van der Waals surface area contributed by atoms with Crippen LogP contribution in [0.15, 0.2) is 83.9 Å². The van der Waals surface area contributed by atoms with Crippen molar-refractivity contribution in [3.8, 4) is 11.5 Å². The average molecular weight is 433 g/mol. The molecule has 1 heterocycles. The number of hydrogen-bond acceptors (Lipinski definition) is 4.